The summed E-state index contributed by atoms with van der Waals surface area (Å²) in [6.45, 7) is 1.15. The number of para-hydroxylation sites is 1. The van der Waals surface area contributed by atoms with Crippen LogP contribution >= 0.6 is 0 Å². The van der Waals surface area contributed by atoms with E-state index < -0.39 is 0 Å². The molecule has 3 aromatic heterocycles. The van der Waals surface area contributed by atoms with E-state index in [9.17, 15) is 4.79 Å². The first-order chi connectivity index (χ1) is 12.8. The zero-order valence-corrected chi connectivity index (χ0v) is 13.8. The van der Waals surface area contributed by atoms with Crippen molar-refractivity contribution in [3.63, 3.8) is 0 Å². The molecule has 1 saturated heterocycles. The van der Waals surface area contributed by atoms with E-state index in [0.29, 0.717) is 30.5 Å². The van der Waals surface area contributed by atoms with E-state index in [1.807, 2.05) is 42.5 Å². The van der Waals surface area contributed by atoms with Gasteiger partial charge in [-0.2, -0.15) is 4.98 Å². The summed E-state index contributed by atoms with van der Waals surface area (Å²) in [6.07, 6.45) is 3.38. The highest BCUT2D eigenvalue weighted by atomic mass is 16.5. The minimum Gasteiger partial charge on any atom is -0.351 e. The van der Waals surface area contributed by atoms with Crippen LogP contribution in [-0.4, -0.2) is 44.0 Å². The number of hydrogen-bond donors (Lipinski definition) is 1. The number of carbonyl (C=O) groups excluding carboxylic acids is 1. The molecule has 1 amide bonds. The lowest BCUT2D eigenvalue weighted by Gasteiger charge is -2.36. The average molecular weight is 345 g/mol. The summed E-state index contributed by atoms with van der Waals surface area (Å²) in [5.74, 6) is 1.18. The van der Waals surface area contributed by atoms with Gasteiger partial charge in [0, 0.05) is 41.9 Å². The van der Waals surface area contributed by atoms with Gasteiger partial charge in [0.2, 0.25) is 11.7 Å². The summed E-state index contributed by atoms with van der Waals surface area (Å²) in [7, 11) is 0. The van der Waals surface area contributed by atoms with E-state index in [1.54, 1.807) is 17.3 Å². The number of benzene rings is 1. The van der Waals surface area contributed by atoms with Crippen LogP contribution in [0.15, 0.2) is 59.4 Å². The predicted octanol–water partition coefficient (Wildman–Crippen LogP) is 2.85. The van der Waals surface area contributed by atoms with E-state index in [4.69, 9.17) is 4.52 Å². The Morgan fingerprint density at radius 2 is 1.96 bits per heavy atom. The monoisotopic (exact) mass is 345 g/mol. The van der Waals surface area contributed by atoms with E-state index in [0.717, 1.165) is 16.5 Å². The average Bonchev–Trinajstić information content (AvgIpc) is 3.28. The summed E-state index contributed by atoms with van der Waals surface area (Å²) in [5.41, 5.74) is 2.43. The van der Waals surface area contributed by atoms with Crippen molar-refractivity contribution in [2.24, 2.45) is 0 Å². The van der Waals surface area contributed by atoms with Crippen molar-refractivity contribution >= 4 is 16.8 Å². The largest absolute Gasteiger partial charge is 0.351 e. The maximum Gasteiger partial charge on any atom is 0.270 e. The summed E-state index contributed by atoms with van der Waals surface area (Å²) < 4.78 is 5.38. The molecule has 4 aromatic rings. The Bertz CT molecular complexity index is 1050. The Hall–Kier alpha value is -3.48. The van der Waals surface area contributed by atoms with Gasteiger partial charge >= 0.3 is 0 Å². The molecule has 1 aliphatic heterocycles. The Morgan fingerprint density at radius 3 is 2.77 bits per heavy atom. The number of pyridine rings is 1. The van der Waals surface area contributed by atoms with Crippen molar-refractivity contribution in [3.05, 3.63) is 66.4 Å². The molecule has 0 radical (unpaired) electrons. The fraction of sp³-hybridized carbons (Fsp3) is 0.158. The molecule has 0 atom stereocenters. The number of H-pyrrole nitrogens is 1. The molecule has 5 rings (SSSR count). The second-order valence-corrected chi connectivity index (χ2v) is 6.37. The number of nitrogens with zero attached hydrogens (tertiary/aromatic N) is 4. The lowest BCUT2D eigenvalue weighted by molar-refractivity contribution is 0.0564. The maximum absolute atomic E-state index is 12.6. The molecule has 7 nitrogen and oxygen atoms in total. The third-order valence-electron chi connectivity index (χ3n) is 4.66. The second kappa shape index (κ2) is 5.80. The number of rotatable bonds is 3. The van der Waals surface area contributed by atoms with Crippen molar-refractivity contribution in [1.29, 1.82) is 0 Å². The van der Waals surface area contributed by atoms with Gasteiger partial charge in [0.1, 0.15) is 5.69 Å². The number of hydrogen-bond acceptors (Lipinski definition) is 5. The molecule has 1 aromatic carbocycles. The van der Waals surface area contributed by atoms with Crippen molar-refractivity contribution < 1.29 is 9.32 Å². The Balaban J connectivity index is 1.28. The third kappa shape index (κ3) is 2.45. The quantitative estimate of drug-likeness (QED) is 0.617. The number of carbonyl (C=O) groups is 1. The minimum atomic E-state index is -0.00803. The molecule has 128 valence electrons. The summed E-state index contributed by atoms with van der Waals surface area (Å²) >= 11 is 0. The van der Waals surface area contributed by atoms with Crippen LogP contribution in [0.5, 0.6) is 0 Å². The standard InChI is InChI=1S/C19H15N5O2/c25-19(16-9-13-3-1-2-4-15(13)21-16)24-10-14(11-24)18-22-17(23-26-18)12-5-7-20-8-6-12/h1-9,14,21H,10-11H2. The van der Waals surface area contributed by atoms with Gasteiger partial charge in [-0.05, 0) is 24.3 Å². The van der Waals surface area contributed by atoms with E-state index in [1.165, 1.54) is 0 Å². The molecule has 26 heavy (non-hydrogen) atoms. The van der Waals surface area contributed by atoms with Crippen LogP contribution in [0.25, 0.3) is 22.3 Å². The zero-order chi connectivity index (χ0) is 17.5. The first-order valence-electron chi connectivity index (χ1n) is 8.39. The van der Waals surface area contributed by atoms with Crippen molar-refractivity contribution in [1.82, 2.24) is 25.0 Å². The lowest BCUT2D eigenvalue weighted by Crippen LogP contribution is -2.48. The smallest absolute Gasteiger partial charge is 0.270 e. The molecule has 0 bridgehead atoms. The van der Waals surface area contributed by atoms with Crippen LogP contribution < -0.4 is 0 Å². The van der Waals surface area contributed by atoms with Crippen LogP contribution in [-0.2, 0) is 0 Å². The second-order valence-electron chi connectivity index (χ2n) is 6.37. The third-order valence-corrected chi connectivity index (χ3v) is 4.66. The fourth-order valence-electron chi connectivity index (χ4n) is 3.18. The molecule has 0 saturated carbocycles. The first kappa shape index (κ1) is 14.8. The van der Waals surface area contributed by atoms with Crippen LogP contribution in [0.2, 0.25) is 0 Å². The molecule has 0 unspecified atom stereocenters. The topological polar surface area (TPSA) is 87.9 Å². The number of amides is 1. The normalized spacial score (nSPS) is 14.5. The van der Waals surface area contributed by atoms with Crippen LogP contribution in [0.4, 0.5) is 0 Å². The maximum atomic E-state index is 12.6. The molecule has 1 aliphatic rings. The van der Waals surface area contributed by atoms with Gasteiger partial charge in [0.05, 0.1) is 5.92 Å². The van der Waals surface area contributed by atoms with Gasteiger partial charge in [-0.15, -0.1) is 0 Å². The van der Waals surface area contributed by atoms with Gasteiger partial charge < -0.3 is 14.4 Å². The fourth-order valence-corrected chi connectivity index (χ4v) is 3.18. The van der Waals surface area contributed by atoms with Gasteiger partial charge in [0.15, 0.2) is 0 Å². The number of aromatic amines is 1. The molecule has 1 fully saturated rings. The molecule has 0 spiro atoms. The van der Waals surface area contributed by atoms with E-state index in [2.05, 4.69) is 20.1 Å². The van der Waals surface area contributed by atoms with Crippen molar-refractivity contribution in [2.75, 3.05) is 13.1 Å². The van der Waals surface area contributed by atoms with Crippen LogP contribution in [0, 0.1) is 0 Å². The minimum absolute atomic E-state index is 0.00803. The van der Waals surface area contributed by atoms with Crippen LogP contribution in [0.3, 0.4) is 0 Å². The number of fused-ring (bicyclic) bond motifs is 1. The molecule has 0 aliphatic carbocycles. The molecule has 7 heteroatoms. The highest BCUT2D eigenvalue weighted by molar-refractivity contribution is 5.98. The van der Waals surface area contributed by atoms with Gasteiger partial charge in [0.25, 0.3) is 5.91 Å². The highest BCUT2D eigenvalue weighted by Gasteiger charge is 2.36. The summed E-state index contributed by atoms with van der Waals surface area (Å²) in [6, 6.07) is 13.4. The van der Waals surface area contributed by atoms with Gasteiger partial charge in [-0.3, -0.25) is 9.78 Å². The summed E-state index contributed by atoms with van der Waals surface area (Å²) in [4.78, 5) is 26.0. The summed E-state index contributed by atoms with van der Waals surface area (Å²) in [5, 5.41) is 5.06. The van der Waals surface area contributed by atoms with Gasteiger partial charge in [-0.1, -0.05) is 23.4 Å². The zero-order valence-electron chi connectivity index (χ0n) is 13.8. The molecule has 4 heterocycles. The first-order valence-corrected chi connectivity index (χ1v) is 8.39. The highest BCUT2D eigenvalue weighted by Crippen LogP contribution is 2.29. The SMILES string of the molecule is O=C(c1cc2ccccc2[nH]1)N1CC(c2nc(-c3ccncc3)no2)C1. The number of likely N-dealkylation sites (tertiary alicyclic amines) is 1. The van der Waals surface area contributed by atoms with Crippen LogP contribution in [0.1, 0.15) is 22.3 Å². The van der Waals surface area contributed by atoms with E-state index >= 15 is 0 Å². The predicted molar refractivity (Wildman–Crippen MR) is 94.5 cm³/mol. The van der Waals surface area contributed by atoms with Crippen molar-refractivity contribution in [3.8, 4) is 11.4 Å². The number of nitrogens with one attached hydrogen (secondary N) is 1. The van der Waals surface area contributed by atoms with E-state index in [-0.39, 0.29) is 11.8 Å². The van der Waals surface area contributed by atoms with Crippen molar-refractivity contribution in [2.45, 2.75) is 5.92 Å². The Morgan fingerprint density at radius 1 is 1.15 bits per heavy atom. The molecule has 1 N–H and O–H groups in total. The molecular weight excluding hydrogens is 330 g/mol. The lowest BCUT2D eigenvalue weighted by atomic mass is 9.99. The molecular formula is C19H15N5O2. The Kier molecular flexibility index (Phi) is 3.31. The van der Waals surface area contributed by atoms with Gasteiger partial charge in [-0.25, -0.2) is 0 Å². The number of aromatic nitrogens is 4. The Labute approximate surface area is 148 Å².